The molecule has 1 aliphatic heterocycles. The van der Waals surface area contributed by atoms with Gasteiger partial charge >= 0.3 is 11.9 Å². The smallest absolute Gasteiger partial charge is 0.338 e. The van der Waals surface area contributed by atoms with Crippen LogP contribution in [0.3, 0.4) is 0 Å². The molecule has 7 nitrogen and oxygen atoms in total. The molecule has 20 heavy (non-hydrogen) atoms. The Kier molecular flexibility index (Phi) is 4.21. The van der Waals surface area contributed by atoms with Crippen molar-refractivity contribution in [1.82, 2.24) is 0 Å². The van der Waals surface area contributed by atoms with Crippen molar-refractivity contribution in [3.05, 3.63) is 29.8 Å². The number of phenols is 1. The highest BCUT2D eigenvalue weighted by Crippen LogP contribution is 2.36. The molecule has 7 heteroatoms. The zero-order valence-corrected chi connectivity index (χ0v) is 10.9. The van der Waals surface area contributed by atoms with Crippen LogP contribution >= 0.6 is 0 Å². The van der Waals surface area contributed by atoms with E-state index >= 15 is 0 Å². The SMILES string of the molecule is COC(=O)[C@@H]1OC(c2ccccc2O)O[C@H]1C(=O)OC. The number of aromatic hydroxyl groups is 1. The van der Waals surface area contributed by atoms with E-state index in [1.807, 2.05) is 0 Å². The Hall–Kier alpha value is -2.12. The van der Waals surface area contributed by atoms with Crippen LogP contribution in [-0.2, 0) is 28.5 Å². The minimum atomic E-state index is -1.24. The quantitative estimate of drug-likeness (QED) is 0.808. The highest BCUT2D eigenvalue weighted by atomic mass is 16.8. The number of phenolic OH excluding ortho intramolecular Hbond substituents is 1. The summed E-state index contributed by atoms with van der Waals surface area (Å²) in [7, 11) is 2.35. The van der Waals surface area contributed by atoms with E-state index in [0.717, 1.165) is 0 Å². The van der Waals surface area contributed by atoms with Crippen molar-refractivity contribution >= 4 is 11.9 Å². The van der Waals surface area contributed by atoms with Gasteiger partial charge in [0.25, 0.3) is 0 Å². The van der Waals surface area contributed by atoms with Gasteiger partial charge < -0.3 is 24.1 Å². The monoisotopic (exact) mass is 282 g/mol. The summed E-state index contributed by atoms with van der Waals surface area (Å²) in [4.78, 5) is 23.2. The standard InChI is InChI=1S/C13H14O7/c1-17-11(15)9-10(12(16)18-2)20-13(19-9)7-5-3-4-6-8(7)14/h3-6,9-10,13-14H,1-2H3/t9-,10-/m1/s1. The van der Waals surface area contributed by atoms with E-state index in [1.165, 1.54) is 20.3 Å². The molecule has 0 spiro atoms. The van der Waals surface area contributed by atoms with E-state index in [1.54, 1.807) is 18.2 Å². The zero-order chi connectivity index (χ0) is 14.7. The molecule has 1 saturated heterocycles. The topological polar surface area (TPSA) is 91.3 Å². The van der Waals surface area contributed by atoms with Crippen LogP contribution in [0.2, 0.25) is 0 Å². The molecule has 1 heterocycles. The molecule has 2 atom stereocenters. The third kappa shape index (κ3) is 2.59. The summed E-state index contributed by atoms with van der Waals surface area (Å²) >= 11 is 0. The summed E-state index contributed by atoms with van der Waals surface area (Å²) in [5.74, 6) is -1.57. The van der Waals surface area contributed by atoms with Crippen LogP contribution in [0, 0.1) is 0 Å². The molecule has 0 unspecified atom stereocenters. The highest BCUT2D eigenvalue weighted by molar-refractivity contribution is 5.86. The average molecular weight is 282 g/mol. The Morgan fingerprint density at radius 3 is 2.00 bits per heavy atom. The largest absolute Gasteiger partial charge is 0.507 e. The molecule has 1 N–H and O–H groups in total. The maximum atomic E-state index is 11.6. The minimum absolute atomic E-state index is 0.0633. The van der Waals surface area contributed by atoms with Crippen LogP contribution in [0.1, 0.15) is 11.9 Å². The van der Waals surface area contributed by atoms with Gasteiger partial charge in [-0.2, -0.15) is 0 Å². The second kappa shape index (κ2) is 5.89. The van der Waals surface area contributed by atoms with Crippen molar-refractivity contribution in [2.75, 3.05) is 14.2 Å². The number of ether oxygens (including phenoxy) is 4. The van der Waals surface area contributed by atoms with Crippen molar-refractivity contribution in [2.45, 2.75) is 18.5 Å². The number of para-hydroxylation sites is 1. The number of hydrogen-bond donors (Lipinski definition) is 1. The van der Waals surface area contributed by atoms with E-state index in [4.69, 9.17) is 9.47 Å². The van der Waals surface area contributed by atoms with Gasteiger partial charge in [0.05, 0.1) is 14.2 Å². The van der Waals surface area contributed by atoms with Gasteiger partial charge in [-0.1, -0.05) is 18.2 Å². The Labute approximate surface area is 115 Å². The highest BCUT2D eigenvalue weighted by Gasteiger charge is 2.47. The number of methoxy groups -OCH3 is 2. The Bertz CT molecular complexity index is 489. The maximum absolute atomic E-state index is 11.6. The molecule has 108 valence electrons. The number of carbonyl (C=O) groups is 2. The molecule has 0 aliphatic carbocycles. The number of carbonyl (C=O) groups excluding carboxylic acids is 2. The molecule has 0 radical (unpaired) electrons. The lowest BCUT2D eigenvalue weighted by Gasteiger charge is -2.11. The van der Waals surface area contributed by atoms with Gasteiger partial charge in [-0.3, -0.25) is 0 Å². The fraction of sp³-hybridized carbons (Fsp3) is 0.385. The molecule has 0 bridgehead atoms. The van der Waals surface area contributed by atoms with Gasteiger partial charge in [-0.05, 0) is 6.07 Å². The second-order valence-corrected chi connectivity index (χ2v) is 4.05. The van der Waals surface area contributed by atoms with Crippen molar-refractivity contribution in [3.8, 4) is 5.75 Å². The van der Waals surface area contributed by atoms with Crippen LogP contribution in [0.15, 0.2) is 24.3 Å². The fourth-order valence-electron chi connectivity index (χ4n) is 1.87. The van der Waals surface area contributed by atoms with Gasteiger partial charge in [0.2, 0.25) is 0 Å². The van der Waals surface area contributed by atoms with Crippen LogP contribution in [0.4, 0.5) is 0 Å². The maximum Gasteiger partial charge on any atom is 0.338 e. The van der Waals surface area contributed by atoms with Crippen molar-refractivity contribution in [1.29, 1.82) is 0 Å². The van der Waals surface area contributed by atoms with Crippen LogP contribution in [0.5, 0.6) is 5.75 Å². The number of benzene rings is 1. The van der Waals surface area contributed by atoms with Crippen molar-refractivity contribution < 1.29 is 33.6 Å². The van der Waals surface area contributed by atoms with E-state index in [-0.39, 0.29) is 5.75 Å². The third-order valence-electron chi connectivity index (χ3n) is 2.87. The second-order valence-electron chi connectivity index (χ2n) is 4.05. The van der Waals surface area contributed by atoms with E-state index < -0.39 is 30.4 Å². The first-order chi connectivity index (χ1) is 9.58. The molecular weight excluding hydrogens is 268 g/mol. The van der Waals surface area contributed by atoms with Gasteiger partial charge in [0.1, 0.15) is 5.75 Å². The van der Waals surface area contributed by atoms with Crippen LogP contribution < -0.4 is 0 Å². The molecule has 1 aromatic rings. The summed E-state index contributed by atoms with van der Waals surface area (Å²) in [6, 6.07) is 6.30. The lowest BCUT2D eigenvalue weighted by atomic mass is 10.2. The average Bonchev–Trinajstić information content (AvgIpc) is 2.91. The summed E-state index contributed by atoms with van der Waals surface area (Å²) in [6.07, 6.45) is -3.53. The summed E-state index contributed by atoms with van der Waals surface area (Å²) in [6.45, 7) is 0. The molecular formula is C13H14O7. The minimum Gasteiger partial charge on any atom is -0.507 e. The number of hydrogen-bond acceptors (Lipinski definition) is 7. The van der Waals surface area contributed by atoms with Crippen LogP contribution in [-0.4, -0.2) is 43.5 Å². The van der Waals surface area contributed by atoms with Crippen molar-refractivity contribution in [2.24, 2.45) is 0 Å². The lowest BCUT2D eigenvalue weighted by Crippen LogP contribution is -2.38. The molecule has 1 fully saturated rings. The molecule has 1 aliphatic rings. The molecule has 1 aromatic carbocycles. The van der Waals surface area contributed by atoms with E-state index in [0.29, 0.717) is 5.56 Å². The van der Waals surface area contributed by atoms with Gasteiger partial charge in [-0.15, -0.1) is 0 Å². The fourth-order valence-corrected chi connectivity index (χ4v) is 1.87. The molecule has 2 rings (SSSR count). The van der Waals surface area contributed by atoms with Gasteiger partial charge in [0.15, 0.2) is 18.5 Å². The summed E-state index contributed by atoms with van der Waals surface area (Å²) in [5, 5.41) is 9.74. The molecule has 0 aromatic heterocycles. The Morgan fingerprint density at radius 1 is 1.05 bits per heavy atom. The van der Waals surface area contributed by atoms with E-state index in [2.05, 4.69) is 9.47 Å². The molecule has 0 saturated carbocycles. The lowest BCUT2D eigenvalue weighted by molar-refractivity contribution is -0.160. The first-order valence-electron chi connectivity index (χ1n) is 5.83. The normalized spacial score (nSPS) is 22.5. The number of esters is 2. The van der Waals surface area contributed by atoms with Gasteiger partial charge in [-0.25, -0.2) is 9.59 Å². The van der Waals surface area contributed by atoms with Gasteiger partial charge in [0, 0.05) is 5.56 Å². The summed E-state index contributed by atoms with van der Waals surface area (Å²) in [5.41, 5.74) is 0.313. The molecule has 0 amide bonds. The number of rotatable bonds is 3. The first kappa shape index (κ1) is 14.3. The third-order valence-corrected chi connectivity index (χ3v) is 2.87. The summed E-state index contributed by atoms with van der Waals surface area (Å²) < 4.78 is 19.8. The van der Waals surface area contributed by atoms with E-state index in [9.17, 15) is 14.7 Å². The van der Waals surface area contributed by atoms with Crippen LogP contribution in [0.25, 0.3) is 0 Å². The van der Waals surface area contributed by atoms with Crippen molar-refractivity contribution in [3.63, 3.8) is 0 Å². The zero-order valence-electron chi connectivity index (χ0n) is 10.9. The Morgan fingerprint density at radius 2 is 1.55 bits per heavy atom. The first-order valence-corrected chi connectivity index (χ1v) is 5.83. The predicted octanol–water partition coefficient (Wildman–Crippen LogP) is 0.521. The Balaban J connectivity index is 2.26. The predicted molar refractivity (Wildman–Crippen MR) is 64.6 cm³/mol.